The van der Waals surface area contributed by atoms with E-state index in [1.54, 1.807) is 0 Å². The van der Waals surface area contributed by atoms with Gasteiger partial charge in [0.15, 0.2) is 23.5 Å². The lowest BCUT2D eigenvalue weighted by Crippen LogP contribution is -2.26. The molecule has 2 rings (SSSR count). The van der Waals surface area contributed by atoms with Crippen LogP contribution in [-0.2, 0) is 14.3 Å². The Labute approximate surface area is 178 Å². The largest absolute Gasteiger partial charge is 0.463 e. The van der Waals surface area contributed by atoms with Crippen molar-refractivity contribution in [1.82, 2.24) is 0 Å². The van der Waals surface area contributed by atoms with E-state index in [-0.39, 0.29) is 6.61 Å². The summed E-state index contributed by atoms with van der Waals surface area (Å²) in [7, 11) is 0. The van der Waals surface area contributed by atoms with Crippen LogP contribution in [0.2, 0.25) is 5.02 Å². The summed E-state index contributed by atoms with van der Waals surface area (Å²) in [5.41, 5.74) is -2.06. The molecule has 0 bridgehead atoms. The van der Waals surface area contributed by atoms with Gasteiger partial charge in [-0.3, -0.25) is 10.1 Å². The van der Waals surface area contributed by atoms with Crippen molar-refractivity contribution in [2.75, 3.05) is 6.61 Å². The van der Waals surface area contributed by atoms with Gasteiger partial charge in [0.25, 0.3) is 5.69 Å². The third-order valence-electron chi connectivity index (χ3n) is 3.95. The fraction of sp³-hybridized carbons (Fsp3) is 0.263. The molecule has 0 heterocycles. The normalized spacial score (nSPS) is 11.6. The maximum atomic E-state index is 14.2. The molecule has 0 aliphatic rings. The maximum absolute atomic E-state index is 14.2. The van der Waals surface area contributed by atoms with Crippen LogP contribution in [0.15, 0.2) is 18.2 Å². The molecule has 0 fully saturated rings. The van der Waals surface area contributed by atoms with E-state index in [4.69, 9.17) is 21.1 Å². The zero-order valence-electron chi connectivity index (χ0n) is 16.3. The highest BCUT2D eigenvalue weighted by molar-refractivity contribution is 6.32. The first-order valence-electron chi connectivity index (χ1n) is 8.65. The maximum Gasteiger partial charge on any atom is 0.347 e. The Bertz CT molecular complexity index is 1030. The van der Waals surface area contributed by atoms with Crippen LogP contribution >= 0.6 is 11.6 Å². The summed E-state index contributed by atoms with van der Waals surface area (Å²) in [6.45, 7) is 3.70. The van der Waals surface area contributed by atoms with E-state index in [9.17, 15) is 32.9 Å². The number of hydrogen-bond donors (Lipinski definition) is 0. The summed E-state index contributed by atoms with van der Waals surface area (Å²) in [4.78, 5) is 34.3. The summed E-state index contributed by atoms with van der Waals surface area (Å²) in [6, 6.07) is 2.56. The minimum absolute atomic E-state index is 0.0141. The van der Waals surface area contributed by atoms with Crippen LogP contribution < -0.4 is 4.74 Å². The van der Waals surface area contributed by atoms with Crippen molar-refractivity contribution in [3.63, 3.8) is 0 Å². The SMILES string of the molecule is CCOC(=O)C(C)OC(=O)c1cc(Oc2c(F)c(F)c(C)c(F)c2Cl)ccc1[N+](=O)[O-]. The summed E-state index contributed by atoms with van der Waals surface area (Å²) in [6.07, 6.45) is -1.39. The van der Waals surface area contributed by atoms with Gasteiger partial charge < -0.3 is 14.2 Å². The molecule has 8 nitrogen and oxygen atoms in total. The highest BCUT2D eigenvalue weighted by atomic mass is 35.5. The minimum Gasteiger partial charge on any atom is -0.463 e. The number of nitrogens with zero attached hydrogens (tertiary/aromatic N) is 1. The Balaban J connectivity index is 2.44. The molecule has 12 heteroatoms. The van der Waals surface area contributed by atoms with Crippen molar-refractivity contribution in [2.45, 2.75) is 26.9 Å². The number of halogens is 4. The predicted molar refractivity (Wildman–Crippen MR) is 101 cm³/mol. The van der Waals surface area contributed by atoms with Crippen LogP contribution in [0.25, 0.3) is 0 Å². The minimum atomic E-state index is -1.60. The van der Waals surface area contributed by atoms with Gasteiger partial charge in [0.05, 0.1) is 11.5 Å². The van der Waals surface area contributed by atoms with E-state index >= 15 is 0 Å². The topological polar surface area (TPSA) is 105 Å². The molecule has 0 aliphatic heterocycles. The van der Waals surface area contributed by atoms with E-state index in [1.165, 1.54) is 13.8 Å². The number of carbonyl (C=O) groups is 2. The Hall–Kier alpha value is -3.34. The molecule has 2 aromatic carbocycles. The number of nitro benzene ring substituents is 1. The van der Waals surface area contributed by atoms with Gasteiger partial charge in [-0.2, -0.15) is 4.39 Å². The summed E-state index contributed by atoms with van der Waals surface area (Å²) in [5, 5.41) is 10.4. The lowest BCUT2D eigenvalue weighted by molar-refractivity contribution is -0.385. The Morgan fingerprint density at radius 2 is 1.84 bits per heavy atom. The van der Waals surface area contributed by atoms with Crippen molar-refractivity contribution in [3.8, 4) is 11.5 Å². The van der Waals surface area contributed by atoms with Crippen LogP contribution in [0, 0.1) is 34.5 Å². The van der Waals surface area contributed by atoms with Gasteiger partial charge in [0.1, 0.15) is 16.3 Å². The molecule has 0 radical (unpaired) electrons. The van der Waals surface area contributed by atoms with Crippen LogP contribution in [0.3, 0.4) is 0 Å². The average Bonchev–Trinajstić information content (AvgIpc) is 2.73. The Morgan fingerprint density at radius 3 is 2.42 bits per heavy atom. The summed E-state index contributed by atoms with van der Waals surface area (Å²) in [5.74, 6) is -8.00. The highest BCUT2D eigenvalue weighted by Gasteiger charge is 2.28. The van der Waals surface area contributed by atoms with Crippen molar-refractivity contribution in [2.24, 2.45) is 0 Å². The fourth-order valence-electron chi connectivity index (χ4n) is 2.36. The number of esters is 2. The van der Waals surface area contributed by atoms with E-state index < -0.39 is 73.8 Å². The second kappa shape index (κ2) is 9.65. The number of rotatable bonds is 7. The Morgan fingerprint density at radius 1 is 1.19 bits per heavy atom. The number of carbonyl (C=O) groups excluding carboxylic acids is 2. The molecule has 0 aliphatic carbocycles. The van der Waals surface area contributed by atoms with E-state index in [0.717, 1.165) is 25.1 Å². The van der Waals surface area contributed by atoms with Gasteiger partial charge in [0.2, 0.25) is 5.82 Å². The van der Waals surface area contributed by atoms with E-state index in [1.807, 2.05) is 0 Å². The molecule has 2 aromatic rings. The molecule has 0 saturated carbocycles. The van der Waals surface area contributed by atoms with Crippen molar-refractivity contribution < 1.29 is 41.9 Å². The molecular formula is C19H15ClF3NO7. The molecule has 1 atom stereocenters. The third kappa shape index (κ3) is 5.05. The molecule has 1 unspecified atom stereocenters. The molecule has 31 heavy (non-hydrogen) atoms. The molecular weight excluding hydrogens is 447 g/mol. The van der Waals surface area contributed by atoms with Gasteiger partial charge in [-0.05, 0) is 26.8 Å². The van der Waals surface area contributed by atoms with E-state index in [0.29, 0.717) is 0 Å². The average molecular weight is 462 g/mol. The van der Waals surface area contributed by atoms with Crippen LogP contribution in [0.4, 0.5) is 18.9 Å². The fourth-order valence-corrected chi connectivity index (χ4v) is 2.63. The lowest BCUT2D eigenvalue weighted by Gasteiger charge is -2.14. The molecule has 0 amide bonds. The first kappa shape index (κ1) is 23.9. The van der Waals surface area contributed by atoms with Crippen molar-refractivity contribution in [3.05, 3.63) is 61.9 Å². The van der Waals surface area contributed by atoms with Gasteiger partial charge in [-0.25, -0.2) is 18.4 Å². The van der Waals surface area contributed by atoms with Crippen LogP contribution in [0.5, 0.6) is 11.5 Å². The molecule has 0 saturated heterocycles. The summed E-state index contributed by atoms with van der Waals surface area (Å²) < 4.78 is 56.6. The number of hydrogen-bond acceptors (Lipinski definition) is 7. The van der Waals surface area contributed by atoms with Crippen LogP contribution in [-0.4, -0.2) is 29.6 Å². The molecule has 0 aromatic heterocycles. The van der Waals surface area contributed by atoms with Gasteiger partial charge in [-0.1, -0.05) is 11.6 Å². The first-order chi connectivity index (χ1) is 14.5. The number of benzene rings is 2. The van der Waals surface area contributed by atoms with Crippen molar-refractivity contribution >= 4 is 29.2 Å². The highest BCUT2D eigenvalue weighted by Crippen LogP contribution is 2.38. The predicted octanol–water partition coefficient (Wildman–Crippen LogP) is 4.87. The smallest absolute Gasteiger partial charge is 0.347 e. The van der Waals surface area contributed by atoms with Gasteiger partial charge in [-0.15, -0.1) is 0 Å². The first-order valence-corrected chi connectivity index (χ1v) is 9.03. The van der Waals surface area contributed by atoms with Gasteiger partial charge in [0, 0.05) is 17.7 Å². The molecule has 0 spiro atoms. The Kier molecular flexibility index (Phi) is 7.45. The summed E-state index contributed by atoms with van der Waals surface area (Å²) >= 11 is 5.69. The lowest BCUT2D eigenvalue weighted by atomic mass is 10.1. The van der Waals surface area contributed by atoms with Crippen LogP contribution in [0.1, 0.15) is 29.8 Å². The third-order valence-corrected chi connectivity index (χ3v) is 4.29. The van der Waals surface area contributed by atoms with Crippen molar-refractivity contribution in [1.29, 1.82) is 0 Å². The second-order valence-corrected chi connectivity index (χ2v) is 6.43. The quantitative estimate of drug-likeness (QED) is 0.250. The second-order valence-electron chi connectivity index (χ2n) is 6.05. The number of nitro groups is 1. The van der Waals surface area contributed by atoms with Gasteiger partial charge >= 0.3 is 11.9 Å². The zero-order valence-corrected chi connectivity index (χ0v) is 17.1. The standard InChI is InChI=1S/C19H15ClF3NO7/c1-4-29-18(25)9(3)30-19(26)11-7-10(5-6-12(11)24(27)28)31-17-13(20)14(21)8(2)15(22)16(17)23/h5-7,9H,4H2,1-3H3. The molecule has 166 valence electrons. The number of ether oxygens (including phenoxy) is 3. The monoisotopic (exact) mass is 461 g/mol. The molecule has 0 N–H and O–H groups in total. The zero-order chi connectivity index (χ0) is 23.5. The van der Waals surface area contributed by atoms with E-state index in [2.05, 4.69) is 4.74 Å².